The first-order valence-corrected chi connectivity index (χ1v) is 4.94. The number of aryl methyl sites for hydroxylation is 1. The molecule has 0 spiro atoms. The molecule has 0 radical (unpaired) electrons. The second-order valence-corrected chi connectivity index (χ2v) is 3.41. The molecule has 0 aliphatic carbocycles. The third-order valence-corrected chi connectivity index (χ3v) is 2.19. The second kappa shape index (κ2) is 4.57. The summed E-state index contributed by atoms with van der Waals surface area (Å²) in [6.07, 6.45) is 4.94. The summed E-state index contributed by atoms with van der Waals surface area (Å²) in [6.45, 7) is 2.13. The lowest BCUT2D eigenvalue weighted by molar-refractivity contribution is -0.116. The molecule has 0 fully saturated rings. The van der Waals surface area contributed by atoms with Crippen molar-refractivity contribution in [1.82, 2.24) is 14.8 Å². The monoisotopic (exact) mass is 216 g/mol. The fraction of sp³-hybridized carbons (Fsp3) is 0.182. The zero-order valence-electron chi connectivity index (χ0n) is 8.92. The Labute approximate surface area is 93.1 Å². The van der Waals surface area contributed by atoms with Crippen LogP contribution in [0, 0.1) is 6.92 Å². The minimum absolute atomic E-state index is 0.0991. The molecule has 2 heterocycles. The molecule has 0 unspecified atom stereocenters. The Balaban J connectivity index is 1.98. The van der Waals surface area contributed by atoms with Gasteiger partial charge in [0, 0.05) is 30.0 Å². The van der Waals surface area contributed by atoms with Gasteiger partial charge in [-0.3, -0.25) is 14.5 Å². The number of hydrogen-bond acceptors (Lipinski definition) is 3. The first-order valence-electron chi connectivity index (χ1n) is 4.94. The van der Waals surface area contributed by atoms with Crippen molar-refractivity contribution >= 4 is 11.6 Å². The summed E-state index contributed by atoms with van der Waals surface area (Å²) in [4.78, 5) is 15.5. The number of carbonyl (C=O) groups is 1. The van der Waals surface area contributed by atoms with Crippen molar-refractivity contribution in [3.05, 3.63) is 42.5 Å². The summed E-state index contributed by atoms with van der Waals surface area (Å²) in [5.74, 6) is -0.0991. The maximum atomic E-state index is 11.6. The van der Waals surface area contributed by atoms with E-state index in [1.807, 2.05) is 13.0 Å². The third-order valence-electron chi connectivity index (χ3n) is 2.19. The topological polar surface area (TPSA) is 59.8 Å². The largest absolute Gasteiger partial charge is 0.324 e. The van der Waals surface area contributed by atoms with Crippen LogP contribution in [-0.4, -0.2) is 20.7 Å². The van der Waals surface area contributed by atoms with Gasteiger partial charge in [0.15, 0.2) is 0 Å². The van der Waals surface area contributed by atoms with Crippen molar-refractivity contribution in [1.29, 1.82) is 0 Å². The molecule has 2 aromatic heterocycles. The maximum absolute atomic E-state index is 11.6. The normalized spacial score (nSPS) is 10.1. The molecule has 0 bridgehead atoms. The lowest BCUT2D eigenvalue weighted by Crippen LogP contribution is -2.20. The van der Waals surface area contributed by atoms with Crippen LogP contribution in [0.15, 0.2) is 36.8 Å². The lowest BCUT2D eigenvalue weighted by Gasteiger charge is -2.06. The van der Waals surface area contributed by atoms with E-state index in [9.17, 15) is 4.79 Å². The van der Waals surface area contributed by atoms with Crippen molar-refractivity contribution in [2.75, 3.05) is 5.32 Å². The third kappa shape index (κ3) is 2.44. The van der Waals surface area contributed by atoms with Gasteiger partial charge in [-0.05, 0) is 25.1 Å². The van der Waals surface area contributed by atoms with E-state index in [1.54, 1.807) is 35.4 Å². The SMILES string of the molecule is Cc1ccnn1CC(=O)Nc1ccncc1. The molecule has 2 rings (SSSR count). The van der Waals surface area contributed by atoms with E-state index >= 15 is 0 Å². The van der Waals surface area contributed by atoms with Gasteiger partial charge in [-0.25, -0.2) is 0 Å². The number of pyridine rings is 1. The van der Waals surface area contributed by atoms with E-state index in [2.05, 4.69) is 15.4 Å². The standard InChI is InChI=1S/C11H12N4O/c1-9-2-7-13-15(9)8-11(16)14-10-3-5-12-6-4-10/h2-7H,8H2,1H3,(H,12,14,16). The predicted molar refractivity (Wildman–Crippen MR) is 59.8 cm³/mol. The highest BCUT2D eigenvalue weighted by molar-refractivity contribution is 5.90. The first kappa shape index (κ1) is 10.4. The molecule has 16 heavy (non-hydrogen) atoms. The number of aromatic nitrogens is 3. The van der Waals surface area contributed by atoms with Crippen molar-refractivity contribution in [3.8, 4) is 0 Å². The number of nitrogens with one attached hydrogen (secondary N) is 1. The van der Waals surface area contributed by atoms with Gasteiger partial charge < -0.3 is 5.32 Å². The molecule has 1 amide bonds. The van der Waals surface area contributed by atoms with Crippen LogP contribution in [0.25, 0.3) is 0 Å². The predicted octanol–water partition coefficient (Wildman–Crippen LogP) is 1.23. The molecule has 2 aromatic rings. The highest BCUT2D eigenvalue weighted by Crippen LogP contribution is 2.03. The molecule has 0 aliphatic rings. The number of anilines is 1. The molecule has 0 saturated carbocycles. The van der Waals surface area contributed by atoms with Crippen LogP contribution in [0.4, 0.5) is 5.69 Å². The molecule has 0 saturated heterocycles. The molecule has 82 valence electrons. The van der Waals surface area contributed by atoms with Crippen molar-refractivity contribution in [3.63, 3.8) is 0 Å². The summed E-state index contributed by atoms with van der Waals surface area (Å²) in [5, 5.41) is 6.81. The second-order valence-electron chi connectivity index (χ2n) is 3.41. The Kier molecular flexibility index (Phi) is 2.95. The minimum Gasteiger partial charge on any atom is -0.324 e. The first-order chi connectivity index (χ1) is 7.75. The van der Waals surface area contributed by atoms with Crippen molar-refractivity contribution in [2.24, 2.45) is 0 Å². The van der Waals surface area contributed by atoms with E-state index < -0.39 is 0 Å². The van der Waals surface area contributed by atoms with Gasteiger partial charge in [-0.15, -0.1) is 0 Å². The Morgan fingerprint density at radius 2 is 2.06 bits per heavy atom. The van der Waals surface area contributed by atoms with Gasteiger partial charge in [-0.2, -0.15) is 5.10 Å². The van der Waals surface area contributed by atoms with Gasteiger partial charge in [-0.1, -0.05) is 0 Å². The average molecular weight is 216 g/mol. The number of hydrogen-bond donors (Lipinski definition) is 1. The van der Waals surface area contributed by atoms with Gasteiger partial charge in [0.1, 0.15) is 6.54 Å². The van der Waals surface area contributed by atoms with Crippen LogP contribution in [0.1, 0.15) is 5.69 Å². The van der Waals surface area contributed by atoms with Crippen LogP contribution >= 0.6 is 0 Å². The number of nitrogens with zero attached hydrogens (tertiary/aromatic N) is 3. The van der Waals surface area contributed by atoms with E-state index in [4.69, 9.17) is 0 Å². The molecule has 0 aliphatic heterocycles. The zero-order chi connectivity index (χ0) is 11.4. The van der Waals surface area contributed by atoms with E-state index in [-0.39, 0.29) is 12.5 Å². The van der Waals surface area contributed by atoms with E-state index in [0.717, 1.165) is 11.4 Å². The van der Waals surface area contributed by atoms with Gasteiger partial charge in [0.05, 0.1) is 0 Å². The zero-order valence-corrected chi connectivity index (χ0v) is 8.92. The van der Waals surface area contributed by atoms with Gasteiger partial charge >= 0.3 is 0 Å². The Bertz CT molecular complexity index is 478. The van der Waals surface area contributed by atoms with Crippen molar-refractivity contribution in [2.45, 2.75) is 13.5 Å². The number of rotatable bonds is 3. The van der Waals surface area contributed by atoms with Crippen LogP contribution in [0.2, 0.25) is 0 Å². The van der Waals surface area contributed by atoms with E-state index in [1.165, 1.54) is 0 Å². The highest BCUT2D eigenvalue weighted by Gasteiger charge is 2.05. The van der Waals surface area contributed by atoms with Crippen LogP contribution in [-0.2, 0) is 11.3 Å². The summed E-state index contributed by atoms with van der Waals surface area (Å²) in [5.41, 5.74) is 1.70. The Hall–Kier alpha value is -2.17. The molecular formula is C11H12N4O. The summed E-state index contributed by atoms with van der Waals surface area (Å²) in [7, 11) is 0. The average Bonchev–Trinajstić information content (AvgIpc) is 2.66. The van der Waals surface area contributed by atoms with Crippen LogP contribution in [0.3, 0.4) is 0 Å². The lowest BCUT2D eigenvalue weighted by atomic mass is 10.4. The maximum Gasteiger partial charge on any atom is 0.246 e. The summed E-state index contributed by atoms with van der Waals surface area (Å²) < 4.78 is 1.65. The molecular weight excluding hydrogens is 204 g/mol. The highest BCUT2D eigenvalue weighted by atomic mass is 16.2. The smallest absolute Gasteiger partial charge is 0.246 e. The fourth-order valence-corrected chi connectivity index (χ4v) is 1.34. The summed E-state index contributed by atoms with van der Waals surface area (Å²) >= 11 is 0. The van der Waals surface area contributed by atoms with E-state index in [0.29, 0.717) is 0 Å². The quantitative estimate of drug-likeness (QED) is 0.839. The molecule has 1 N–H and O–H groups in total. The molecule has 5 heteroatoms. The molecule has 5 nitrogen and oxygen atoms in total. The fourth-order valence-electron chi connectivity index (χ4n) is 1.34. The number of carbonyl (C=O) groups excluding carboxylic acids is 1. The van der Waals surface area contributed by atoms with Gasteiger partial charge in [0.25, 0.3) is 0 Å². The van der Waals surface area contributed by atoms with Crippen LogP contribution < -0.4 is 5.32 Å². The van der Waals surface area contributed by atoms with Gasteiger partial charge in [0.2, 0.25) is 5.91 Å². The molecule has 0 atom stereocenters. The minimum atomic E-state index is -0.0991. The Morgan fingerprint density at radius 1 is 1.31 bits per heavy atom. The van der Waals surface area contributed by atoms with Crippen LogP contribution in [0.5, 0.6) is 0 Å². The molecule has 0 aromatic carbocycles. The summed E-state index contributed by atoms with van der Waals surface area (Å²) in [6, 6.07) is 5.35. The Morgan fingerprint density at radius 3 is 2.69 bits per heavy atom. The van der Waals surface area contributed by atoms with Crippen molar-refractivity contribution < 1.29 is 4.79 Å². The number of amides is 1.